The number of Topliss-reactive ketones (excluding diaryl/α,β-unsaturated/α-hetero) is 1. The van der Waals surface area contributed by atoms with Crippen LogP contribution in [0.4, 0.5) is 5.69 Å². The fourth-order valence-electron chi connectivity index (χ4n) is 3.71. The van der Waals surface area contributed by atoms with Crippen molar-refractivity contribution in [1.29, 1.82) is 0 Å². The molecule has 1 saturated heterocycles. The lowest BCUT2D eigenvalue weighted by Crippen LogP contribution is -2.35. The zero-order valence-electron chi connectivity index (χ0n) is 18.8. The number of methoxy groups -OCH3 is 2. The zero-order valence-corrected chi connectivity index (χ0v) is 18.8. The van der Waals surface area contributed by atoms with Crippen LogP contribution in [-0.4, -0.2) is 72.9 Å². The third-order valence-corrected chi connectivity index (χ3v) is 5.38. The molecule has 33 heavy (non-hydrogen) atoms. The number of nitro benzene ring substituents is 1. The Morgan fingerprint density at radius 2 is 1.82 bits per heavy atom. The van der Waals surface area contributed by atoms with Crippen LogP contribution in [0.15, 0.2) is 48.0 Å². The number of carbonyl (C=O) groups is 2. The van der Waals surface area contributed by atoms with E-state index in [4.69, 9.17) is 9.47 Å². The fraction of sp³-hybridized carbons (Fsp3) is 0.304. The van der Waals surface area contributed by atoms with Crippen molar-refractivity contribution in [2.24, 2.45) is 0 Å². The van der Waals surface area contributed by atoms with E-state index in [9.17, 15) is 24.8 Å². The fourth-order valence-corrected chi connectivity index (χ4v) is 3.71. The maximum absolute atomic E-state index is 13.0. The number of benzene rings is 2. The van der Waals surface area contributed by atoms with Gasteiger partial charge in [0.15, 0.2) is 11.5 Å². The monoisotopic (exact) mass is 455 g/mol. The SMILES string of the molecule is COc1ccc(C(O)=C2C(=O)C(=O)N(CCN(C)C)[C@@H]2c2cccc([N+](=O)[O-])c2)cc1OC. The van der Waals surface area contributed by atoms with E-state index in [1.165, 1.54) is 49.5 Å². The van der Waals surface area contributed by atoms with Gasteiger partial charge in [-0.25, -0.2) is 0 Å². The Hall–Kier alpha value is -3.92. The van der Waals surface area contributed by atoms with Crippen molar-refractivity contribution in [1.82, 2.24) is 9.80 Å². The molecule has 174 valence electrons. The number of nitro groups is 1. The number of nitrogens with zero attached hydrogens (tertiary/aromatic N) is 3. The molecule has 3 rings (SSSR count). The van der Waals surface area contributed by atoms with E-state index < -0.39 is 28.4 Å². The summed E-state index contributed by atoms with van der Waals surface area (Å²) in [6.45, 7) is 0.641. The quantitative estimate of drug-likeness (QED) is 0.212. The van der Waals surface area contributed by atoms with Crippen molar-refractivity contribution in [3.63, 3.8) is 0 Å². The molecule has 0 saturated carbocycles. The summed E-state index contributed by atoms with van der Waals surface area (Å²) in [4.78, 5) is 39.9. The first-order valence-corrected chi connectivity index (χ1v) is 10.1. The smallest absolute Gasteiger partial charge is 0.295 e. The highest BCUT2D eigenvalue weighted by Gasteiger charge is 2.46. The Balaban J connectivity index is 2.20. The minimum absolute atomic E-state index is 0.147. The molecule has 1 fully saturated rings. The Bertz CT molecular complexity index is 1130. The summed E-state index contributed by atoms with van der Waals surface area (Å²) >= 11 is 0. The second-order valence-corrected chi connectivity index (χ2v) is 7.72. The van der Waals surface area contributed by atoms with Crippen molar-refractivity contribution in [2.45, 2.75) is 6.04 Å². The molecule has 1 aliphatic rings. The van der Waals surface area contributed by atoms with E-state index in [-0.39, 0.29) is 23.4 Å². The topological polar surface area (TPSA) is 122 Å². The molecule has 2 aromatic carbocycles. The van der Waals surface area contributed by atoms with Crippen molar-refractivity contribution >= 4 is 23.1 Å². The normalized spacial score (nSPS) is 17.5. The molecule has 2 aromatic rings. The molecule has 1 heterocycles. The maximum atomic E-state index is 13.0. The molecule has 0 radical (unpaired) electrons. The second kappa shape index (κ2) is 9.70. The van der Waals surface area contributed by atoms with Gasteiger partial charge in [0.25, 0.3) is 17.4 Å². The predicted octanol–water partition coefficient (Wildman–Crippen LogP) is 2.60. The molecule has 10 nitrogen and oxygen atoms in total. The highest BCUT2D eigenvalue weighted by Crippen LogP contribution is 2.41. The van der Waals surface area contributed by atoms with Gasteiger partial charge >= 0.3 is 0 Å². The summed E-state index contributed by atoms with van der Waals surface area (Å²) < 4.78 is 10.5. The van der Waals surface area contributed by atoms with Crippen LogP contribution in [0, 0.1) is 10.1 Å². The molecule has 1 amide bonds. The van der Waals surface area contributed by atoms with Crippen LogP contribution in [0.5, 0.6) is 11.5 Å². The van der Waals surface area contributed by atoms with Gasteiger partial charge in [-0.05, 0) is 37.9 Å². The summed E-state index contributed by atoms with van der Waals surface area (Å²) in [5, 5.41) is 22.5. The average Bonchev–Trinajstić information content (AvgIpc) is 3.06. The van der Waals surface area contributed by atoms with Crippen LogP contribution >= 0.6 is 0 Å². The van der Waals surface area contributed by atoms with E-state index in [0.29, 0.717) is 23.6 Å². The van der Waals surface area contributed by atoms with Gasteiger partial charge in [0.1, 0.15) is 5.76 Å². The van der Waals surface area contributed by atoms with Gasteiger partial charge in [0.2, 0.25) is 0 Å². The van der Waals surface area contributed by atoms with E-state index in [0.717, 1.165) is 0 Å². The number of rotatable bonds is 8. The number of amides is 1. The number of likely N-dealkylation sites (N-methyl/N-ethyl adjacent to an activating group) is 1. The predicted molar refractivity (Wildman–Crippen MR) is 120 cm³/mol. The van der Waals surface area contributed by atoms with Gasteiger partial charge in [0.05, 0.1) is 30.8 Å². The number of non-ortho nitro benzene ring substituents is 1. The van der Waals surface area contributed by atoms with Crippen LogP contribution in [0.25, 0.3) is 5.76 Å². The van der Waals surface area contributed by atoms with Crippen LogP contribution in [0.3, 0.4) is 0 Å². The Kier molecular flexibility index (Phi) is 6.98. The number of ether oxygens (including phenoxy) is 2. The minimum Gasteiger partial charge on any atom is -0.507 e. The Labute approximate surface area is 190 Å². The molecule has 0 aromatic heterocycles. The molecule has 0 unspecified atom stereocenters. The number of hydrogen-bond donors (Lipinski definition) is 1. The zero-order chi connectivity index (χ0) is 24.3. The molecule has 10 heteroatoms. The summed E-state index contributed by atoms with van der Waals surface area (Å²) in [5.74, 6) is -1.29. The van der Waals surface area contributed by atoms with Gasteiger partial charge in [-0.1, -0.05) is 12.1 Å². The molecular formula is C23H25N3O7. The highest BCUT2D eigenvalue weighted by molar-refractivity contribution is 6.46. The first-order chi connectivity index (χ1) is 15.7. The van der Waals surface area contributed by atoms with Crippen molar-refractivity contribution in [3.05, 3.63) is 69.3 Å². The molecule has 0 spiro atoms. The minimum atomic E-state index is -0.988. The third kappa shape index (κ3) is 4.65. The van der Waals surface area contributed by atoms with Crippen molar-refractivity contribution < 1.29 is 29.1 Å². The van der Waals surface area contributed by atoms with E-state index in [1.807, 2.05) is 19.0 Å². The molecule has 0 bridgehead atoms. The van der Waals surface area contributed by atoms with Crippen LogP contribution < -0.4 is 9.47 Å². The van der Waals surface area contributed by atoms with Crippen LogP contribution in [0.2, 0.25) is 0 Å². The summed E-state index contributed by atoms with van der Waals surface area (Å²) in [6.07, 6.45) is 0. The first-order valence-electron chi connectivity index (χ1n) is 10.1. The number of aliphatic hydroxyl groups excluding tert-OH is 1. The number of carbonyl (C=O) groups excluding carboxylic acids is 2. The summed E-state index contributed by atoms with van der Waals surface area (Å²) in [5.41, 5.74) is 0.265. The number of hydrogen-bond acceptors (Lipinski definition) is 8. The molecule has 1 atom stereocenters. The Morgan fingerprint density at radius 1 is 1.12 bits per heavy atom. The summed E-state index contributed by atoms with van der Waals surface area (Å²) in [6, 6.07) is 9.31. The second-order valence-electron chi connectivity index (χ2n) is 7.72. The van der Waals surface area contributed by atoms with Gasteiger partial charge in [-0.3, -0.25) is 19.7 Å². The number of likely N-dealkylation sites (tertiary alicyclic amines) is 1. The standard InChI is InChI=1S/C23H25N3O7/c1-24(2)10-11-25-20(14-6-5-7-16(12-14)26(30)31)19(22(28)23(25)29)21(27)15-8-9-17(32-3)18(13-15)33-4/h5-9,12-13,20,27H,10-11H2,1-4H3/t20-/m1/s1. The first kappa shape index (κ1) is 23.7. The lowest BCUT2D eigenvalue weighted by molar-refractivity contribution is -0.384. The van der Waals surface area contributed by atoms with Gasteiger partial charge in [-0.15, -0.1) is 0 Å². The van der Waals surface area contributed by atoms with E-state index in [2.05, 4.69) is 0 Å². The Morgan fingerprint density at radius 3 is 2.42 bits per heavy atom. The lowest BCUT2D eigenvalue weighted by Gasteiger charge is -2.26. The van der Waals surface area contributed by atoms with Crippen LogP contribution in [-0.2, 0) is 9.59 Å². The van der Waals surface area contributed by atoms with Crippen LogP contribution in [0.1, 0.15) is 17.2 Å². The number of ketones is 1. The van der Waals surface area contributed by atoms with Crippen molar-refractivity contribution in [3.8, 4) is 11.5 Å². The van der Waals surface area contributed by atoms with E-state index in [1.54, 1.807) is 12.1 Å². The maximum Gasteiger partial charge on any atom is 0.295 e. The highest BCUT2D eigenvalue weighted by atomic mass is 16.6. The van der Waals surface area contributed by atoms with Crippen molar-refractivity contribution in [2.75, 3.05) is 41.4 Å². The lowest BCUT2D eigenvalue weighted by atomic mass is 9.95. The molecular weight excluding hydrogens is 430 g/mol. The van der Waals surface area contributed by atoms with Gasteiger partial charge in [0, 0.05) is 30.8 Å². The molecule has 0 aliphatic carbocycles. The molecule has 1 aliphatic heterocycles. The number of aliphatic hydroxyl groups is 1. The van der Waals surface area contributed by atoms with E-state index >= 15 is 0 Å². The van der Waals surface area contributed by atoms with Gasteiger partial charge < -0.3 is 24.4 Å². The molecule has 1 N–H and O–H groups in total. The third-order valence-electron chi connectivity index (χ3n) is 5.38. The van der Waals surface area contributed by atoms with Gasteiger partial charge in [-0.2, -0.15) is 0 Å². The summed E-state index contributed by atoms with van der Waals surface area (Å²) in [7, 11) is 6.55. The average molecular weight is 455 g/mol. The largest absolute Gasteiger partial charge is 0.507 e.